The summed E-state index contributed by atoms with van der Waals surface area (Å²) in [6, 6.07) is 35.7. The minimum atomic E-state index is 0.115. The Morgan fingerprint density at radius 2 is 0.833 bits per heavy atom. The SMILES string of the molecule is CC(COc1ccc(C2CC(C)(c3ccc(OCC4CO4)cc3)CCC2C(C)C)cc1)COc1ccc(C2(C)CCC(C(C)C)C(c3ccc(OCC4CO4)cc3)C2)cc1. The molecule has 6 heteroatoms. The average molecular weight is 815 g/mol. The van der Waals surface area contributed by atoms with Crippen LogP contribution >= 0.6 is 0 Å². The molecule has 0 spiro atoms. The highest BCUT2D eigenvalue weighted by Crippen LogP contribution is 2.52. The Morgan fingerprint density at radius 1 is 0.500 bits per heavy atom. The van der Waals surface area contributed by atoms with Gasteiger partial charge in [-0.2, -0.15) is 0 Å². The van der Waals surface area contributed by atoms with E-state index in [1.54, 1.807) is 0 Å². The number of ether oxygens (including phenoxy) is 6. The third-order valence-electron chi connectivity index (χ3n) is 14.6. The molecule has 2 aliphatic carbocycles. The van der Waals surface area contributed by atoms with Gasteiger partial charge in [0.15, 0.2) is 0 Å². The van der Waals surface area contributed by atoms with Crippen LogP contribution in [0.25, 0.3) is 0 Å². The Labute approximate surface area is 360 Å². The zero-order valence-corrected chi connectivity index (χ0v) is 37.4. The quantitative estimate of drug-likeness (QED) is 0.0933. The van der Waals surface area contributed by atoms with Gasteiger partial charge in [0.1, 0.15) is 48.4 Å². The van der Waals surface area contributed by atoms with E-state index < -0.39 is 0 Å². The number of rotatable bonds is 18. The Bertz CT molecular complexity index is 1950. The van der Waals surface area contributed by atoms with Crippen molar-refractivity contribution in [3.05, 3.63) is 119 Å². The molecule has 322 valence electrons. The Balaban J connectivity index is 0.825. The minimum Gasteiger partial charge on any atom is -0.493 e. The number of benzene rings is 4. The third kappa shape index (κ3) is 10.5. The topological polar surface area (TPSA) is 62.0 Å². The summed E-state index contributed by atoms with van der Waals surface area (Å²) in [5.74, 6) is 7.58. The van der Waals surface area contributed by atoms with Crippen LogP contribution in [0.15, 0.2) is 97.1 Å². The van der Waals surface area contributed by atoms with E-state index in [0.29, 0.717) is 61.9 Å². The second-order valence-corrected chi connectivity index (χ2v) is 20.1. The van der Waals surface area contributed by atoms with Gasteiger partial charge in [0.25, 0.3) is 0 Å². The molecule has 60 heavy (non-hydrogen) atoms. The van der Waals surface area contributed by atoms with Gasteiger partial charge in [0.05, 0.1) is 26.4 Å². The van der Waals surface area contributed by atoms with Crippen molar-refractivity contribution >= 4 is 0 Å². The van der Waals surface area contributed by atoms with Gasteiger partial charge in [-0.05, 0) is 156 Å². The summed E-state index contributed by atoms with van der Waals surface area (Å²) in [6.45, 7) is 20.8. The first kappa shape index (κ1) is 42.7. The van der Waals surface area contributed by atoms with Crippen LogP contribution in [-0.4, -0.2) is 51.8 Å². The second kappa shape index (κ2) is 18.5. The highest BCUT2D eigenvalue weighted by atomic mass is 16.6. The van der Waals surface area contributed by atoms with E-state index in [4.69, 9.17) is 28.4 Å². The molecule has 0 aromatic heterocycles. The summed E-state index contributed by atoms with van der Waals surface area (Å²) >= 11 is 0. The van der Waals surface area contributed by atoms with Crippen molar-refractivity contribution < 1.29 is 28.4 Å². The van der Waals surface area contributed by atoms with Crippen LogP contribution in [0.1, 0.15) is 121 Å². The van der Waals surface area contributed by atoms with Crippen molar-refractivity contribution in [1.82, 2.24) is 0 Å². The van der Waals surface area contributed by atoms with E-state index in [2.05, 4.69) is 146 Å². The lowest BCUT2D eigenvalue weighted by Crippen LogP contribution is -2.35. The van der Waals surface area contributed by atoms with Crippen LogP contribution in [0.5, 0.6) is 23.0 Å². The van der Waals surface area contributed by atoms with Gasteiger partial charge in [-0.3, -0.25) is 0 Å². The summed E-state index contributed by atoms with van der Waals surface area (Å²) in [6.07, 6.45) is 7.69. The summed E-state index contributed by atoms with van der Waals surface area (Å²) < 4.78 is 35.2. The van der Waals surface area contributed by atoms with Gasteiger partial charge in [0, 0.05) is 5.92 Å². The molecular formula is C54H70O6. The third-order valence-corrected chi connectivity index (χ3v) is 14.6. The molecule has 0 bridgehead atoms. The first-order chi connectivity index (χ1) is 28.9. The molecule has 6 nitrogen and oxygen atoms in total. The first-order valence-corrected chi connectivity index (χ1v) is 23.1. The van der Waals surface area contributed by atoms with Crippen LogP contribution in [0.2, 0.25) is 0 Å². The molecule has 8 rings (SSSR count). The zero-order valence-electron chi connectivity index (χ0n) is 37.4. The summed E-state index contributed by atoms with van der Waals surface area (Å²) in [5, 5.41) is 0. The molecule has 2 heterocycles. The molecule has 4 aromatic rings. The fourth-order valence-corrected chi connectivity index (χ4v) is 10.5. The molecule has 4 fully saturated rings. The fourth-order valence-electron chi connectivity index (χ4n) is 10.5. The normalized spacial score (nSPS) is 29.2. The Hall–Kier alpha value is -4.00. The smallest absolute Gasteiger partial charge is 0.119 e. The fraction of sp³-hybridized carbons (Fsp3) is 0.556. The molecule has 0 radical (unpaired) electrons. The van der Waals surface area contributed by atoms with Crippen LogP contribution in [-0.2, 0) is 20.3 Å². The van der Waals surface area contributed by atoms with Gasteiger partial charge < -0.3 is 28.4 Å². The molecule has 4 aliphatic rings. The van der Waals surface area contributed by atoms with Crippen LogP contribution in [0.4, 0.5) is 0 Å². The van der Waals surface area contributed by atoms with Crippen molar-refractivity contribution in [3.8, 4) is 23.0 Å². The van der Waals surface area contributed by atoms with Crippen molar-refractivity contribution in [3.63, 3.8) is 0 Å². The molecule has 9 unspecified atom stereocenters. The van der Waals surface area contributed by atoms with E-state index in [-0.39, 0.29) is 29.0 Å². The van der Waals surface area contributed by atoms with E-state index in [9.17, 15) is 0 Å². The van der Waals surface area contributed by atoms with Crippen molar-refractivity contribution in [2.45, 2.75) is 122 Å². The highest BCUT2D eigenvalue weighted by molar-refractivity contribution is 5.38. The standard InChI is InChI=1S/C54H70O6/c1-36(2)49-25-27-54(7,42-14-22-46(23-15-42)58-33-48-35-60-48)28-51(49)39-8-16-43(17-9-39)55-30-38(5)31-56-45-20-12-41(13-21-45)53(6)26-24-50(37(3)4)52(29-53)40-10-18-44(19-11-40)57-32-47-34-59-47/h8-23,36-38,47-52H,24-35H2,1-7H3. The zero-order chi connectivity index (χ0) is 41.9. The molecule has 9 atom stereocenters. The maximum absolute atomic E-state index is 6.34. The van der Waals surface area contributed by atoms with E-state index in [1.807, 2.05) is 0 Å². The van der Waals surface area contributed by atoms with E-state index in [0.717, 1.165) is 49.1 Å². The highest BCUT2D eigenvalue weighted by Gasteiger charge is 2.42. The molecule has 0 N–H and O–H groups in total. The van der Waals surface area contributed by atoms with Gasteiger partial charge in [-0.15, -0.1) is 0 Å². The predicted octanol–water partition coefficient (Wildman–Crippen LogP) is 12.3. The minimum absolute atomic E-state index is 0.115. The van der Waals surface area contributed by atoms with Crippen molar-refractivity contribution in [2.75, 3.05) is 39.6 Å². The summed E-state index contributed by atoms with van der Waals surface area (Å²) in [5.41, 5.74) is 5.91. The van der Waals surface area contributed by atoms with Gasteiger partial charge >= 0.3 is 0 Å². The maximum atomic E-state index is 6.34. The van der Waals surface area contributed by atoms with Gasteiger partial charge in [-0.25, -0.2) is 0 Å². The first-order valence-electron chi connectivity index (χ1n) is 23.1. The number of epoxide rings is 2. The largest absolute Gasteiger partial charge is 0.493 e. The van der Waals surface area contributed by atoms with Crippen LogP contribution < -0.4 is 18.9 Å². The van der Waals surface area contributed by atoms with Crippen molar-refractivity contribution in [1.29, 1.82) is 0 Å². The lowest BCUT2D eigenvalue weighted by molar-refractivity contribution is 0.170. The van der Waals surface area contributed by atoms with Gasteiger partial charge in [0.2, 0.25) is 0 Å². The van der Waals surface area contributed by atoms with Crippen LogP contribution in [0, 0.1) is 29.6 Å². The molecule has 2 aliphatic heterocycles. The number of hydrogen-bond acceptors (Lipinski definition) is 6. The summed E-state index contributed by atoms with van der Waals surface area (Å²) in [4.78, 5) is 0. The Morgan fingerprint density at radius 3 is 1.17 bits per heavy atom. The molecule has 0 amide bonds. The van der Waals surface area contributed by atoms with E-state index >= 15 is 0 Å². The second-order valence-electron chi connectivity index (χ2n) is 20.1. The average Bonchev–Trinajstić information content (AvgIpc) is 4.21. The van der Waals surface area contributed by atoms with E-state index in [1.165, 1.54) is 47.9 Å². The van der Waals surface area contributed by atoms with Crippen molar-refractivity contribution in [2.24, 2.45) is 29.6 Å². The lowest BCUT2D eigenvalue weighted by Gasteiger charge is -2.45. The predicted molar refractivity (Wildman–Crippen MR) is 241 cm³/mol. The van der Waals surface area contributed by atoms with Gasteiger partial charge in [-0.1, -0.05) is 97.0 Å². The Kier molecular flexibility index (Phi) is 13.2. The molecule has 2 saturated carbocycles. The lowest BCUT2D eigenvalue weighted by atomic mass is 9.59. The molecule has 4 aromatic carbocycles. The summed E-state index contributed by atoms with van der Waals surface area (Å²) in [7, 11) is 0. The molecular weight excluding hydrogens is 745 g/mol. The van der Waals surface area contributed by atoms with Crippen LogP contribution in [0.3, 0.4) is 0 Å². The maximum Gasteiger partial charge on any atom is 0.119 e. The monoisotopic (exact) mass is 815 g/mol. The number of hydrogen-bond donors (Lipinski definition) is 0. The molecule has 2 saturated heterocycles.